The maximum atomic E-state index is 13.6. The van der Waals surface area contributed by atoms with E-state index in [9.17, 15) is 8.78 Å². The molecule has 1 atom stereocenters. The zero-order valence-electron chi connectivity index (χ0n) is 13.3. The molecule has 0 saturated heterocycles. The molecule has 2 aliphatic rings. The Kier molecular flexibility index (Phi) is 4.23. The highest BCUT2D eigenvalue weighted by atomic mass is 19.1. The summed E-state index contributed by atoms with van der Waals surface area (Å²) < 4.78 is 37.1. The minimum absolute atomic E-state index is 0.135. The first-order valence-electron chi connectivity index (χ1n) is 7.96. The van der Waals surface area contributed by atoms with Crippen LogP contribution in [0.1, 0.15) is 17.5 Å². The van der Waals surface area contributed by atoms with E-state index in [1.54, 1.807) is 0 Å². The molecule has 0 unspecified atom stereocenters. The van der Waals surface area contributed by atoms with Crippen molar-refractivity contribution in [2.24, 2.45) is 5.16 Å². The zero-order valence-corrected chi connectivity index (χ0v) is 13.3. The molecule has 130 valence electrons. The Balaban J connectivity index is 1.30. The van der Waals surface area contributed by atoms with Crippen LogP contribution in [0.15, 0.2) is 41.6 Å². The lowest BCUT2D eigenvalue weighted by atomic mass is 10.0. The van der Waals surface area contributed by atoms with E-state index in [0.29, 0.717) is 30.8 Å². The van der Waals surface area contributed by atoms with Gasteiger partial charge >= 0.3 is 0 Å². The molecule has 0 aliphatic carbocycles. The summed E-state index contributed by atoms with van der Waals surface area (Å²) in [6.07, 6.45) is 0.502. The van der Waals surface area contributed by atoms with E-state index in [0.717, 1.165) is 23.1 Å². The molecule has 0 bridgehead atoms. The number of halogens is 2. The summed E-state index contributed by atoms with van der Waals surface area (Å²) >= 11 is 0. The summed E-state index contributed by atoms with van der Waals surface area (Å²) in [6, 6.07) is 9.20. The van der Waals surface area contributed by atoms with E-state index in [2.05, 4.69) is 10.5 Å². The third kappa shape index (κ3) is 3.41. The average molecular weight is 346 g/mol. The van der Waals surface area contributed by atoms with Crippen LogP contribution in [-0.4, -0.2) is 25.2 Å². The molecule has 5 nitrogen and oxygen atoms in total. The second kappa shape index (κ2) is 6.68. The Morgan fingerprint density at radius 2 is 1.96 bits per heavy atom. The smallest absolute Gasteiger partial charge is 0.231 e. The maximum Gasteiger partial charge on any atom is 0.231 e. The summed E-state index contributed by atoms with van der Waals surface area (Å²) in [5.41, 5.74) is 2.17. The van der Waals surface area contributed by atoms with Gasteiger partial charge in [-0.3, -0.25) is 0 Å². The minimum atomic E-state index is -0.581. The molecule has 0 aromatic heterocycles. The van der Waals surface area contributed by atoms with Gasteiger partial charge < -0.3 is 19.6 Å². The van der Waals surface area contributed by atoms with Gasteiger partial charge in [0.2, 0.25) is 6.79 Å². The molecule has 0 fully saturated rings. The molecular weight excluding hydrogens is 330 g/mol. The predicted molar refractivity (Wildman–Crippen MR) is 86.7 cm³/mol. The summed E-state index contributed by atoms with van der Waals surface area (Å²) in [5.74, 6) is 0.288. The van der Waals surface area contributed by atoms with Crippen molar-refractivity contribution in [3.8, 4) is 11.5 Å². The molecule has 2 aromatic rings. The highest BCUT2D eigenvalue weighted by molar-refractivity contribution is 6.01. The second-order valence-electron chi connectivity index (χ2n) is 5.90. The lowest BCUT2D eigenvalue weighted by molar-refractivity contribution is 0.0848. The summed E-state index contributed by atoms with van der Waals surface area (Å²) in [7, 11) is 0. The molecule has 2 aromatic carbocycles. The van der Waals surface area contributed by atoms with Crippen molar-refractivity contribution in [2.45, 2.75) is 19.1 Å². The van der Waals surface area contributed by atoms with Gasteiger partial charge in [-0.1, -0.05) is 11.2 Å². The Morgan fingerprint density at radius 3 is 2.84 bits per heavy atom. The number of nitrogens with zero attached hydrogens (tertiary/aromatic N) is 1. The molecule has 2 aliphatic heterocycles. The van der Waals surface area contributed by atoms with Crippen LogP contribution in [0.5, 0.6) is 11.5 Å². The number of oxime groups is 1. The van der Waals surface area contributed by atoms with Crippen LogP contribution in [-0.2, 0) is 11.4 Å². The van der Waals surface area contributed by atoms with Gasteiger partial charge in [0.25, 0.3) is 0 Å². The van der Waals surface area contributed by atoms with Crippen LogP contribution in [0.4, 0.5) is 8.78 Å². The van der Waals surface area contributed by atoms with Crippen LogP contribution < -0.4 is 14.8 Å². The third-order valence-corrected chi connectivity index (χ3v) is 4.14. The number of fused-ring (bicyclic) bond motifs is 1. The predicted octanol–water partition coefficient (Wildman–Crippen LogP) is 2.98. The molecule has 0 radical (unpaired) electrons. The molecule has 25 heavy (non-hydrogen) atoms. The number of hydrogen-bond donors (Lipinski definition) is 1. The highest BCUT2D eigenvalue weighted by Gasteiger charge is 2.24. The molecule has 4 rings (SSSR count). The van der Waals surface area contributed by atoms with Crippen LogP contribution in [0.3, 0.4) is 0 Å². The largest absolute Gasteiger partial charge is 0.454 e. The van der Waals surface area contributed by atoms with Gasteiger partial charge in [-0.05, 0) is 24.3 Å². The normalized spacial score (nSPS) is 18.2. The van der Waals surface area contributed by atoms with Crippen LogP contribution in [0, 0.1) is 11.6 Å². The fourth-order valence-corrected chi connectivity index (χ4v) is 2.82. The van der Waals surface area contributed by atoms with Gasteiger partial charge in [-0.15, -0.1) is 0 Å². The lowest BCUT2D eigenvalue weighted by Crippen LogP contribution is -2.27. The Bertz CT molecular complexity index is 826. The van der Waals surface area contributed by atoms with Crippen LogP contribution in [0.25, 0.3) is 0 Å². The van der Waals surface area contributed by atoms with E-state index < -0.39 is 11.6 Å². The fraction of sp³-hybridized carbons (Fsp3) is 0.278. The molecule has 7 heteroatoms. The van der Waals surface area contributed by atoms with Crippen molar-refractivity contribution in [1.29, 1.82) is 0 Å². The first kappa shape index (κ1) is 15.8. The Hall–Kier alpha value is -2.67. The number of hydrogen-bond acceptors (Lipinski definition) is 5. The van der Waals surface area contributed by atoms with Crippen molar-refractivity contribution < 1.29 is 23.1 Å². The second-order valence-corrected chi connectivity index (χ2v) is 5.90. The van der Waals surface area contributed by atoms with E-state index in [-0.39, 0.29) is 12.9 Å². The molecule has 1 N–H and O–H groups in total. The van der Waals surface area contributed by atoms with Crippen molar-refractivity contribution in [2.75, 3.05) is 13.3 Å². The zero-order chi connectivity index (χ0) is 17.2. The van der Waals surface area contributed by atoms with E-state index >= 15 is 0 Å². The van der Waals surface area contributed by atoms with Crippen LogP contribution in [0.2, 0.25) is 0 Å². The molecule has 2 heterocycles. The number of rotatable bonds is 5. The Morgan fingerprint density at radius 1 is 1.08 bits per heavy atom. The van der Waals surface area contributed by atoms with Crippen molar-refractivity contribution in [1.82, 2.24) is 5.32 Å². The van der Waals surface area contributed by atoms with Gasteiger partial charge in [0, 0.05) is 36.7 Å². The topological polar surface area (TPSA) is 52.1 Å². The van der Waals surface area contributed by atoms with E-state index in [1.807, 2.05) is 18.2 Å². The van der Waals surface area contributed by atoms with Crippen molar-refractivity contribution in [3.63, 3.8) is 0 Å². The third-order valence-electron chi connectivity index (χ3n) is 4.14. The maximum absolute atomic E-state index is 13.6. The highest BCUT2D eigenvalue weighted by Crippen LogP contribution is 2.33. The van der Waals surface area contributed by atoms with Crippen LogP contribution >= 0.6 is 0 Å². The average Bonchev–Trinajstić information content (AvgIpc) is 3.25. The fourth-order valence-electron chi connectivity index (χ4n) is 2.82. The van der Waals surface area contributed by atoms with Gasteiger partial charge in [0.05, 0.1) is 5.71 Å². The number of benzene rings is 2. The van der Waals surface area contributed by atoms with Crippen molar-refractivity contribution >= 4 is 5.71 Å². The lowest BCUT2D eigenvalue weighted by Gasteiger charge is -2.10. The molecule has 0 saturated carbocycles. The molecular formula is C18H16F2N2O3. The first-order valence-corrected chi connectivity index (χ1v) is 7.96. The van der Waals surface area contributed by atoms with Gasteiger partial charge in [-0.2, -0.15) is 0 Å². The van der Waals surface area contributed by atoms with Crippen molar-refractivity contribution in [3.05, 3.63) is 59.2 Å². The number of ether oxygens (including phenoxy) is 2. The van der Waals surface area contributed by atoms with Gasteiger partial charge in [0.1, 0.15) is 17.7 Å². The SMILES string of the molecule is Fc1ccc(CNC[C@H]2CC(c3ccc4c(c3)OCO4)=NO2)c(F)c1. The minimum Gasteiger partial charge on any atom is -0.454 e. The molecule has 0 spiro atoms. The Labute approximate surface area is 143 Å². The number of nitrogens with one attached hydrogen (secondary N) is 1. The molecule has 0 amide bonds. The standard InChI is InChI=1S/C18H16F2N2O3/c19-13-3-1-12(15(20)6-13)8-21-9-14-7-16(22-25-14)11-2-4-17-18(5-11)24-10-23-17/h1-6,14,21H,7-10H2/t14-/m1/s1. The summed E-state index contributed by atoms with van der Waals surface area (Å²) in [4.78, 5) is 5.43. The quantitative estimate of drug-likeness (QED) is 0.904. The first-order chi connectivity index (χ1) is 12.2. The summed E-state index contributed by atoms with van der Waals surface area (Å²) in [5, 5.41) is 7.24. The van der Waals surface area contributed by atoms with E-state index in [1.165, 1.54) is 12.1 Å². The van der Waals surface area contributed by atoms with Gasteiger partial charge in [0.15, 0.2) is 11.5 Å². The van der Waals surface area contributed by atoms with Gasteiger partial charge in [-0.25, -0.2) is 8.78 Å². The van der Waals surface area contributed by atoms with E-state index in [4.69, 9.17) is 14.3 Å². The monoisotopic (exact) mass is 346 g/mol. The summed E-state index contributed by atoms with van der Waals surface area (Å²) in [6.45, 7) is 1.04.